The molecule has 3 rings (SSSR count). The molecule has 2 aliphatic carbocycles. The van der Waals surface area contributed by atoms with Crippen molar-refractivity contribution in [2.75, 3.05) is 0 Å². The Morgan fingerprint density at radius 2 is 2.06 bits per heavy atom. The Hall–Kier alpha value is -1.11. The Bertz CT molecular complexity index is 453. The number of carbonyl (C=O) groups is 1. The Kier molecular flexibility index (Phi) is 1.87. The highest BCUT2D eigenvalue weighted by atomic mass is 16.1. The van der Waals surface area contributed by atoms with Gasteiger partial charge in [-0.2, -0.15) is 0 Å². The van der Waals surface area contributed by atoms with Gasteiger partial charge in [0, 0.05) is 5.92 Å². The molecule has 3 atom stereocenters. The second-order valence-electron chi connectivity index (χ2n) is 6.27. The summed E-state index contributed by atoms with van der Waals surface area (Å²) >= 11 is 0. The summed E-state index contributed by atoms with van der Waals surface area (Å²) in [7, 11) is 0. The SMILES string of the molecule is CC(C)(C)c1ccc2c(c1)[C@@H]1[C@@H](C=O)[C@@H]1C2. The lowest BCUT2D eigenvalue weighted by atomic mass is 9.84. The molecule has 2 aliphatic rings. The minimum Gasteiger partial charge on any atom is -0.303 e. The first-order valence-electron chi connectivity index (χ1n) is 6.11. The van der Waals surface area contributed by atoms with Crippen LogP contribution in [-0.2, 0) is 16.6 Å². The van der Waals surface area contributed by atoms with Crippen LogP contribution < -0.4 is 0 Å². The maximum atomic E-state index is 10.9. The minimum atomic E-state index is 0.207. The molecule has 1 nitrogen and oxygen atoms in total. The molecule has 1 saturated carbocycles. The Labute approximate surface area is 96.9 Å². The number of carbonyl (C=O) groups excluding carboxylic acids is 1. The summed E-state index contributed by atoms with van der Waals surface area (Å²) in [5.74, 6) is 1.50. The molecule has 16 heavy (non-hydrogen) atoms. The van der Waals surface area contributed by atoms with Crippen LogP contribution in [0.2, 0.25) is 0 Å². The Balaban J connectivity index is 2.01. The van der Waals surface area contributed by atoms with Crippen LogP contribution in [0.25, 0.3) is 0 Å². The Morgan fingerprint density at radius 1 is 1.31 bits per heavy atom. The van der Waals surface area contributed by atoms with E-state index in [0.29, 0.717) is 17.8 Å². The quantitative estimate of drug-likeness (QED) is 0.657. The zero-order valence-electron chi connectivity index (χ0n) is 10.2. The number of hydrogen-bond acceptors (Lipinski definition) is 1. The number of hydrogen-bond donors (Lipinski definition) is 0. The van der Waals surface area contributed by atoms with Crippen LogP contribution in [0.15, 0.2) is 18.2 Å². The highest BCUT2D eigenvalue weighted by molar-refractivity contribution is 5.66. The van der Waals surface area contributed by atoms with E-state index in [2.05, 4.69) is 39.0 Å². The van der Waals surface area contributed by atoms with E-state index in [1.54, 1.807) is 0 Å². The predicted molar refractivity (Wildman–Crippen MR) is 64.6 cm³/mol. The molecular formula is C15H18O. The highest BCUT2D eigenvalue weighted by Gasteiger charge is 2.55. The zero-order chi connectivity index (χ0) is 11.5. The van der Waals surface area contributed by atoms with Gasteiger partial charge < -0.3 is 4.79 Å². The number of aldehydes is 1. The molecule has 0 spiro atoms. The van der Waals surface area contributed by atoms with Crippen LogP contribution in [0.3, 0.4) is 0 Å². The number of rotatable bonds is 1. The van der Waals surface area contributed by atoms with Crippen molar-refractivity contribution >= 4 is 6.29 Å². The third-order valence-corrected chi connectivity index (χ3v) is 4.21. The van der Waals surface area contributed by atoms with Crippen LogP contribution in [0.1, 0.15) is 43.4 Å². The van der Waals surface area contributed by atoms with Gasteiger partial charge in [0.1, 0.15) is 6.29 Å². The zero-order valence-corrected chi connectivity index (χ0v) is 10.2. The van der Waals surface area contributed by atoms with E-state index in [-0.39, 0.29) is 5.41 Å². The van der Waals surface area contributed by atoms with Gasteiger partial charge in [0.2, 0.25) is 0 Å². The third kappa shape index (κ3) is 1.27. The standard InChI is InChI=1S/C15H18O/c1-15(2,3)10-5-4-9-6-12-13(8-16)14(12)11(9)7-10/h4-5,7-8,12-14H,6H2,1-3H3/t12-,13-,14-/m0/s1. The molecule has 0 aromatic heterocycles. The van der Waals surface area contributed by atoms with Crippen LogP contribution in [-0.4, -0.2) is 6.29 Å². The van der Waals surface area contributed by atoms with Crippen molar-refractivity contribution in [3.63, 3.8) is 0 Å². The summed E-state index contributed by atoms with van der Waals surface area (Å²) in [5, 5.41) is 0. The van der Waals surface area contributed by atoms with Gasteiger partial charge >= 0.3 is 0 Å². The van der Waals surface area contributed by atoms with Crippen molar-refractivity contribution in [2.45, 2.75) is 38.5 Å². The predicted octanol–water partition coefficient (Wildman–Crippen LogP) is 3.07. The number of fused-ring (bicyclic) bond motifs is 3. The largest absolute Gasteiger partial charge is 0.303 e. The molecule has 0 bridgehead atoms. The van der Waals surface area contributed by atoms with Crippen LogP contribution in [0.4, 0.5) is 0 Å². The fourth-order valence-corrected chi connectivity index (χ4v) is 3.10. The summed E-state index contributed by atoms with van der Waals surface area (Å²) in [4.78, 5) is 10.9. The van der Waals surface area contributed by atoms with Gasteiger partial charge in [0.05, 0.1) is 0 Å². The van der Waals surface area contributed by atoms with Gasteiger partial charge in [-0.25, -0.2) is 0 Å². The van der Waals surface area contributed by atoms with E-state index in [1.807, 2.05) is 0 Å². The second-order valence-corrected chi connectivity index (χ2v) is 6.27. The summed E-state index contributed by atoms with van der Waals surface area (Å²) in [5.41, 5.74) is 4.53. The second kappa shape index (κ2) is 2.97. The molecular weight excluding hydrogens is 196 g/mol. The molecule has 0 radical (unpaired) electrons. The molecule has 0 N–H and O–H groups in total. The van der Waals surface area contributed by atoms with E-state index in [4.69, 9.17) is 0 Å². The average molecular weight is 214 g/mol. The van der Waals surface area contributed by atoms with Crippen molar-refractivity contribution in [1.29, 1.82) is 0 Å². The molecule has 1 aromatic carbocycles. The lowest BCUT2D eigenvalue weighted by molar-refractivity contribution is -0.109. The van der Waals surface area contributed by atoms with Crippen molar-refractivity contribution in [3.8, 4) is 0 Å². The maximum absolute atomic E-state index is 10.9. The lowest BCUT2D eigenvalue weighted by Crippen LogP contribution is -2.11. The molecule has 1 heteroatoms. The summed E-state index contributed by atoms with van der Waals surface area (Å²) in [6.45, 7) is 6.72. The van der Waals surface area contributed by atoms with Crippen molar-refractivity contribution < 1.29 is 4.79 Å². The van der Waals surface area contributed by atoms with Crippen molar-refractivity contribution in [3.05, 3.63) is 34.9 Å². The molecule has 0 aliphatic heterocycles. The van der Waals surface area contributed by atoms with Gasteiger partial charge in [-0.05, 0) is 40.4 Å². The summed E-state index contributed by atoms with van der Waals surface area (Å²) < 4.78 is 0. The molecule has 1 fully saturated rings. The van der Waals surface area contributed by atoms with Crippen molar-refractivity contribution in [1.82, 2.24) is 0 Å². The molecule has 84 valence electrons. The van der Waals surface area contributed by atoms with Gasteiger partial charge in [-0.3, -0.25) is 0 Å². The fourth-order valence-electron chi connectivity index (χ4n) is 3.10. The normalized spacial score (nSPS) is 30.8. The topological polar surface area (TPSA) is 17.1 Å². The minimum absolute atomic E-state index is 0.207. The lowest BCUT2D eigenvalue weighted by Gasteiger charge is -2.20. The molecule has 0 amide bonds. The van der Waals surface area contributed by atoms with Gasteiger partial charge in [0.15, 0.2) is 0 Å². The molecule has 1 aromatic rings. The molecule has 0 unspecified atom stereocenters. The first kappa shape index (κ1) is 10.1. The molecule has 0 heterocycles. The van der Waals surface area contributed by atoms with E-state index in [0.717, 1.165) is 12.7 Å². The monoisotopic (exact) mass is 214 g/mol. The van der Waals surface area contributed by atoms with Crippen molar-refractivity contribution in [2.24, 2.45) is 11.8 Å². The first-order chi connectivity index (χ1) is 7.52. The van der Waals surface area contributed by atoms with Crippen LogP contribution in [0.5, 0.6) is 0 Å². The summed E-state index contributed by atoms with van der Waals surface area (Å²) in [6, 6.07) is 6.85. The van der Waals surface area contributed by atoms with Crippen LogP contribution >= 0.6 is 0 Å². The van der Waals surface area contributed by atoms with Gasteiger partial charge in [0.25, 0.3) is 0 Å². The van der Waals surface area contributed by atoms with Gasteiger partial charge in [-0.1, -0.05) is 39.0 Å². The Morgan fingerprint density at radius 3 is 2.69 bits per heavy atom. The van der Waals surface area contributed by atoms with E-state index >= 15 is 0 Å². The van der Waals surface area contributed by atoms with Gasteiger partial charge in [-0.15, -0.1) is 0 Å². The fraction of sp³-hybridized carbons (Fsp3) is 0.533. The van der Waals surface area contributed by atoms with E-state index in [1.165, 1.54) is 16.7 Å². The summed E-state index contributed by atoms with van der Waals surface area (Å²) in [6.07, 6.45) is 2.27. The maximum Gasteiger partial charge on any atom is 0.124 e. The van der Waals surface area contributed by atoms with Crippen LogP contribution in [0, 0.1) is 11.8 Å². The third-order valence-electron chi connectivity index (χ3n) is 4.21. The average Bonchev–Trinajstić information content (AvgIpc) is 2.78. The number of benzene rings is 1. The van der Waals surface area contributed by atoms with E-state index in [9.17, 15) is 4.79 Å². The highest BCUT2D eigenvalue weighted by Crippen LogP contribution is 2.60. The smallest absolute Gasteiger partial charge is 0.124 e. The first-order valence-corrected chi connectivity index (χ1v) is 6.11. The molecule has 0 saturated heterocycles. The van der Waals surface area contributed by atoms with E-state index < -0.39 is 0 Å².